The molecule has 0 bridgehead atoms. The summed E-state index contributed by atoms with van der Waals surface area (Å²) in [5.41, 5.74) is 0.853. The molecule has 1 saturated heterocycles. The summed E-state index contributed by atoms with van der Waals surface area (Å²) < 4.78 is 30.7. The number of sulfonamides is 1. The standard InChI is InChI=1S/C21H21N7O5S/c1-14-20(23-25-27(14)16-7-4-8-17(13-16)28(30)31)21(29)22-15-6-3-9-18(12-15)34(32,33)24-19-10-5-11-26(19)2/h3-4,6-9,12-13H,5,10-11H2,1-2H3,(H,22,29)/b24-19+. The predicted molar refractivity (Wildman–Crippen MR) is 124 cm³/mol. The van der Waals surface area contributed by atoms with Crippen LogP contribution in [-0.2, 0) is 10.0 Å². The van der Waals surface area contributed by atoms with Gasteiger partial charge in [-0.1, -0.05) is 17.3 Å². The molecule has 1 aliphatic rings. The van der Waals surface area contributed by atoms with Crippen LogP contribution in [0.4, 0.5) is 11.4 Å². The van der Waals surface area contributed by atoms with Crippen LogP contribution < -0.4 is 5.32 Å². The zero-order valence-electron chi connectivity index (χ0n) is 18.4. The van der Waals surface area contributed by atoms with E-state index in [2.05, 4.69) is 20.0 Å². The van der Waals surface area contributed by atoms with Crippen LogP contribution in [0.2, 0.25) is 0 Å². The Labute approximate surface area is 195 Å². The minimum atomic E-state index is -3.94. The van der Waals surface area contributed by atoms with Crippen molar-refractivity contribution in [2.45, 2.75) is 24.7 Å². The molecule has 0 radical (unpaired) electrons. The van der Waals surface area contributed by atoms with E-state index in [9.17, 15) is 23.3 Å². The summed E-state index contributed by atoms with van der Waals surface area (Å²) >= 11 is 0. The maximum Gasteiger partial charge on any atom is 0.284 e. The Bertz CT molecular complexity index is 1410. The first kappa shape index (κ1) is 23.0. The van der Waals surface area contributed by atoms with Gasteiger partial charge in [-0.05, 0) is 37.6 Å². The number of nitro benzene ring substituents is 1. The van der Waals surface area contributed by atoms with Gasteiger partial charge in [0.25, 0.3) is 21.6 Å². The summed E-state index contributed by atoms with van der Waals surface area (Å²) in [6.07, 6.45) is 1.43. The molecule has 176 valence electrons. The molecule has 0 spiro atoms. The summed E-state index contributed by atoms with van der Waals surface area (Å²) in [4.78, 5) is 25.1. The maximum atomic E-state index is 12.8. The molecule has 0 atom stereocenters. The van der Waals surface area contributed by atoms with Crippen molar-refractivity contribution in [3.63, 3.8) is 0 Å². The molecule has 13 heteroatoms. The second kappa shape index (κ2) is 9.02. The van der Waals surface area contributed by atoms with Gasteiger partial charge in [0.1, 0.15) is 5.84 Å². The first-order valence-corrected chi connectivity index (χ1v) is 11.7. The number of benzene rings is 2. The van der Waals surface area contributed by atoms with Crippen molar-refractivity contribution in [2.24, 2.45) is 4.40 Å². The van der Waals surface area contributed by atoms with Crippen molar-refractivity contribution in [1.29, 1.82) is 0 Å². The molecule has 1 aliphatic heterocycles. The normalized spacial score (nSPS) is 15.0. The van der Waals surface area contributed by atoms with Gasteiger partial charge in [0.2, 0.25) is 0 Å². The second-order valence-corrected chi connectivity index (χ2v) is 9.31. The maximum absolute atomic E-state index is 12.8. The van der Waals surface area contributed by atoms with E-state index in [0.29, 0.717) is 23.6 Å². The van der Waals surface area contributed by atoms with Crippen LogP contribution in [0, 0.1) is 17.0 Å². The van der Waals surface area contributed by atoms with E-state index >= 15 is 0 Å². The largest absolute Gasteiger partial charge is 0.362 e. The molecule has 0 unspecified atom stereocenters. The highest BCUT2D eigenvalue weighted by molar-refractivity contribution is 7.90. The van der Waals surface area contributed by atoms with Gasteiger partial charge in [-0.15, -0.1) is 9.50 Å². The van der Waals surface area contributed by atoms with E-state index in [1.165, 1.54) is 41.1 Å². The van der Waals surface area contributed by atoms with Crippen molar-refractivity contribution in [3.8, 4) is 5.69 Å². The summed E-state index contributed by atoms with van der Waals surface area (Å²) in [6, 6.07) is 11.6. The first-order valence-electron chi connectivity index (χ1n) is 10.3. The molecule has 34 heavy (non-hydrogen) atoms. The number of amidine groups is 1. The van der Waals surface area contributed by atoms with Gasteiger partial charge < -0.3 is 10.2 Å². The summed E-state index contributed by atoms with van der Waals surface area (Å²) in [5.74, 6) is -0.103. The van der Waals surface area contributed by atoms with Crippen molar-refractivity contribution >= 4 is 33.1 Å². The molecule has 1 fully saturated rings. The van der Waals surface area contributed by atoms with Crippen LogP contribution in [0.3, 0.4) is 0 Å². The fraction of sp³-hybridized carbons (Fsp3) is 0.238. The van der Waals surface area contributed by atoms with E-state index in [0.717, 1.165) is 13.0 Å². The number of nitrogens with zero attached hydrogens (tertiary/aromatic N) is 6. The van der Waals surface area contributed by atoms with Gasteiger partial charge in [0.05, 0.1) is 21.2 Å². The lowest BCUT2D eigenvalue weighted by Gasteiger charge is -2.11. The van der Waals surface area contributed by atoms with E-state index in [-0.39, 0.29) is 22.0 Å². The minimum Gasteiger partial charge on any atom is -0.362 e. The van der Waals surface area contributed by atoms with E-state index < -0.39 is 20.9 Å². The van der Waals surface area contributed by atoms with Crippen molar-refractivity contribution < 1.29 is 18.1 Å². The van der Waals surface area contributed by atoms with Gasteiger partial charge in [0, 0.05) is 37.8 Å². The average molecular weight is 484 g/mol. The highest BCUT2D eigenvalue weighted by Crippen LogP contribution is 2.22. The van der Waals surface area contributed by atoms with Gasteiger partial charge in [0.15, 0.2) is 5.69 Å². The van der Waals surface area contributed by atoms with Gasteiger partial charge in [-0.25, -0.2) is 4.68 Å². The van der Waals surface area contributed by atoms with Crippen LogP contribution in [0.5, 0.6) is 0 Å². The zero-order valence-corrected chi connectivity index (χ0v) is 19.2. The number of nitro groups is 1. The molecule has 2 heterocycles. The quantitative estimate of drug-likeness (QED) is 0.415. The molecular weight excluding hydrogens is 462 g/mol. The smallest absolute Gasteiger partial charge is 0.284 e. The number of rotatable bonds is 6. The third kappa shape index (κ3) is 4.64. The van der Waals surface area contributed by atoms with Gasteiger partial charge >= 0.3 is 0 Å². The molecular formula is C21H21N7O5S. The predicted octanol–water partition coefficient (Wildman–Crippen LogP) is 2.55. The average Bonchev–Trinajstić information content (AvgIpc) is 3.38. The molecule has 1 N–H and O–H groups in total. The van der Waals surface area contributed by atoms with Crippen molar-refractivity contribution in [2.75, 3.05) is 18.9 Å². The fourth-order valence-electron chi connectivity index (χ4n) is 3.55. The zero-order chi connectivity index (χ0) is 24.5. The monoisotopic (exact) mass is 483 g/mol. The second-order valence-electron chi connectivity index (χ2n) is 7.70. The number of aromatic nitrogens is 3. The lowest BCUT2D eigenvalue weighted by molar-refractivity contribution is -0.384. The number of hydrogen-bond donors (Lipinski definition) is 1. The van der Waals surface area contributed by atoms with Gasteiger partial charge in [-0.3, -0.25) is 14.9 Å². The summed E-state index contributed by atoms with van der Waals surface area (Å²) in [7, 11) is -2.15. The Kier molecular flexibility index (Phi) is 6.11. The number of carbonyl (C=O) groups is 1. The van der Waals surface area contributed by atoms with Crippen LogP contribution in [0.25, 0.3) is 5.69 Å². The Morgan fingerprint density at radius 2 is 1.97 bits per heavy atom. The summed E-state index contributed by atoms with van der Waals surface area (Å²) in [6.45, 7) is 2.35. The third-order valence-corrected chi connectivity index (χ3v) is 6.65. The van der Waals surface area contributed by atoms with E-state index in [4.69, 9.17) is 0 Å². The number of hydrogen-bond acceptors (Lipinski definition) is 7. The van der Waals surface area contributed by atoms with Crippen molar-refractivity contribution in [3.05, 3.63) is 70.0 Å². The highest BCUT2D eigenvalue weighted by Gasteiger charge is 2.22. The van der Waals surface area contributed by atoms with E-state index in [1.807, 2.05) is 0 Å². The molecule has 0 saturated carbocycles. The molecule has 2 aromatic carbocycles. The van der Waals surface area contributed by atoms with Crippen LogP contribution in [0.15, 0.2) is 57.8 Å². The van der Waals surface area contributed by atoms with Crippen LogP contribution >= 0.6 is 0 Å². The molecule has 3 aromatic rings. The topological polar surface area (TPSA) is 153 Å². The number of amides is 1. The number of likely N-dealkylation sites (tertiary alicyclic amines) is 1. The minimum absolute atomic E-state index is 0.00686. The number of anilines is 1. The molecule has 0 aliphatic carbocycles. The van der Waals surface area contributed by atoms with Gasteiger partial charge in [-0.2, -0.15) is 8.42 Å². The van der Waals surface area contributed by atoms with Crippen LogP contribution in [-0.4, -0.2) is 58.6 Å². The molecule has 1 amide bonds. The fourth-order valence-corrected chi connectivity index (χ4v) is 4.69. The third-order valence-electron chi connectivity index (χ3n) is 5.34. The van der Waals surface area contributed by atoms with E-state index in [1.54, 1.807) is 31.0 Å². The number of carbonyl (C=O) groups excluding carboxylic acids is 1. The molecule has 4 rings (SSSR count). The lowest BCUT2D eigenvalue weighted by Crippen LogP contribution is -2.20. The first-order chi connectivity index (χ1) is 16.2. The van der Waals surface area contributed by atoms with Crippen molar-refractivity contribution in [1.82, 2.24) is 19.9 Å². The number of nitrogens with one attached hydrogen (secondary N) is 1. The number of non-ortho nitro benzene ring substituents is 1. The molecule has 1 aromatic heterocycles. The Balaban J connectivity index is 1.56. The highest BCUT2D eigenvalue weighted by atomic mass is 32.2. The lowest BCUT2D eigenvalue weighted by atomic mass is 10.2. The van der Waals surface area contributed by atoms with Crippen LogP contribution in [0.1, 0.15) is 29.0 Å². The Hall–Kier alpha value is -4.13. The summed E-state index contributed by atoms with van der Waals surface area (Å²) in [5, 5.41) is 21.5. The Morgan fingerprint density at radius 3 is 2.68 bits per heavy atom. The molecule has 12 nitrogen and oxygen atoms in total. The Morgan fingerprint density at radius 1 is 1.21 bits per heavy atom. The SMILES string of the molecule is Cc1c(C(=O)Nc2cccc(S(=O)(=O)/N=C3\CCCN3C)c2)nnn1-c1cccc([N+](=O)[O-])c1.